The fraction of sp³-hybridized carbons (Fsp3) is 0.522. The normalized spacial score (nSPS) is 24.1. The molecule has 0 N–H and O–H groups in total. The monoisotopic (exact) mass is 392 g/mol. The fourth-order valence-corrected chi connectivity index (χ4v) is 4.99. The van der Waals surface area contributed by atoms with Crippen LogP contribution in [0.5, 0.6) is 0 Å². The number of nitrogens with zero attached hydrogens (tertiary/aromatic N) is 4. The highest BCUT2D eigenvalue weighted by atomic mass is 16.5. The highest BCUT2D eigenvalue weighted by Crippen LogP contribution is 2.41. The summed E-state index contributed by atoms with van der Waals surface area (Å²) in [4.78, 5) is 25.9. The van der Waals surface area contributed by atoms with Gasteiger partial charge in [0.2, 0.25) is 5.91 Å². The number of hydrogen-bond acceptors (Lipinski definition) is 5. The number of rotatable bonds is 3. The van der Waals surface area contributed by atoms with E-state index in [2.05, 4.69) is 22.0 Å². The van der Waals surface area contributed by atoms with Gasteiger partial charge in [-0.2, -0.15) is 0 Å². The van der Waals surface area contributed by atoms with Gasteiger partial charge in [0.25, 0.3) is 0 Å². The Hall–Kier alpha value is -2.31. The Morgan fingerprint density at radius 3 is 2.69 bits per heavy atom. The Morgan fingerprint density at radius 1 is 1.17 bits per heavy atom. The van der Waals surface area contributed by atoms with Gasteiger partial charge in [-0.3, -0.25) is 4.79 Å². The van der Waals surface area contributed by atoms with E-state index in [1.165, 1.54) is 5.56 Å². The Kier molecular flexibility index (Phi) is 4.84. The van der Waals surface area contributed by atoms with Crippen molar-refractivity contribution in [1.29, 1.82) is 0 Å². The molecule has 1 aromatic carbocycles. The molecule has 29 heavy (non-hydrogen) atoms. The van der Waals surface area contributed by atoms with Gasteiger partial charge in [0, 0.05) is 50.9 Å². The molecule has 2 aromatic rings. The molecule has 1 aromatic heterocycles. The van der Waals surface area contributed by atoms with Gasteiger partial charge in [-0.05, 0) is 31.2 Å². The van der Waals surface area contributed by atoms with Crippen molar-refractivity contribution >= 4 is 5.91 Å². The quantitative estimate of drug-likeness (QED) is 0.804. The Balaban J connectivity index is 1.34. The van der Waals surface area contributed by atoms with Gasteiger partial charge >= 0.3 is 0 Å². The maximum atomic E-state index is 11.8. The summed E-state index contributed by atoms with van der Waals surface area (Å²) < 4.78 is 6.40. The molecule has 4 heterocycles. The zero-order valence-corrected chi connectivity index (χ0v) is 17.0. The van der Waals surface area contributed by atoms with Gasteiger partial charge in [-0.1, -0.05) is 30.3 Å². The third kappa shape index (κ3) is 3.45. The van der Waals surface area contributed by atoms with Crippen LogP contribution in [-0.4, -0.2) is 65.0 Å². The van der Waals surface area contributed by atoms with Crippen LogP contribution >= 0.6 is 0 Å². The number of hydrogen-bond donors (Lipinski definition) is 0. The molecule has 0 radical (unpaired) electrons. The van der Waals surface area contributed by atoms with E-state index in [4.69, 9.17) is 9.72 Å². The van der Waals surface area contributed by atoms with Crippen LogP contribution in [0.15, 0.2) is 36.5 Å². The summed E-state index contributed by atoms with van der Waals surface area (Å²) in [6.07, 6.45) is 6.43. The van der Waals surface area contributed by atoms with E-state index < -0.39 is 0 Å². The molecule has 3 aliphatic heterocycles. The largest absolute Gasteiger partial charge is 0.368 e. The minimum absolute atomic E-state index is 0.276. The lowest BCUT2D eigenvalue weighted by Crippen LogP contribution is -2.50. The number of benzene rings is 1. The van der Waals surface area contributed by atoms with E-state index in [9.17, 15) is 4.79 Å². The molecule has 152 valence electrons. The number of carbonyl (C=O) groups is 1. The van der Waals surface area contributed by atoms with Gasteiger partial charge in [0.15, 0.2) is 5.82 Å². The van der Waals surface area contributed by atoms with Crippen molar-refractivity contribution in [2.75, 3.05) is 33.3 Å². The van der Waals surface area contributed by atoms with Crippen LogP contribution in [0.4, 0.5) is 0 Å². The second-order valence-electron chi connectivity index (χ2n) is 8.52. The molecule has 0 saturated carbocycles. The second kappa shape index (κ2) is 7.50. The van der Waals surface area contributed by atoms with Gasteiger partial charge in [0.05, 0.1) is 12.3 Å². The number of ether oxygens (including phenoxy) is 1. The Morgan fingerprint density at radius 2 is 1.97 bits per heavy atom. The molecular weight excluding hydrogens is 364 g/mol. The maximum Gasteiger partial charge on any atom is 0.222 e. The topological polar surface area (TPSA) is 58.6 Å². The molecule has 2 fully saturated rings. The first-order valence-electron chi connectivity index (χ1n) is 10.7. The van der Waals surface area contributed by atoms with Crippen molar-refractivity contribution < 1.29 is 9.53 Å². The number of piperidine rings is 1. The van der Waals surface area contributed by atoms with Crippen molar-refractivity contribution in [3.05, 3.63) is 47.8 Å². The average Bonchev–Trinajstić information content (AvgIpc) is 3.08. The predicted molar refractivity (Wildman–Crippen MR) is 110 cm³/mol. The lowest BCUT2D eigenvalue weighted by molar-refractivity contribution is -0.128. The summed E-state index contributed by atoms with van der Waals surface area (Å²) in [7, 11) is 1.94. The standard InChI is InChI=1S/C23H28N4O2/c1-26-19(7-8-20(26)28)16-27-12-10-23(11-13-27)21-18(9-14-29-23)15-24-22(25-21)17-5-3-2-4-6-17/h2-6,15,19H,7-14,16H2,1H3. The number of amides is 1. The lowest BCUT2D eigenvalue weighted by atomic mass is 9.83. The second-order valence-corrected chi connectivity index (χ2v) is 8.52. The highest BCUT2D eigenvalue weighted by Gasteiger charge is 2.43. The zero-order valence-electron chi connectivity index (χ0n) is 17.0. The van der Waals surface area contributed by atoms with Gasteiger partial charge in [0.1, 0.15) is 5.60 Å². The number of carbonyl (C=O) groups excluding carboxylic acids is 1. The number of aromatic nitrogens is 2. The zero-order chi connectivity index (χ0) is 19.8. The molecule has 3 aliphatic rings. The van der Waals surface area contributed by atoms with E-state index in [0.29, 0.717) is 12.5 Å². The highest BCUT2D eigenvalue weighted by molar-refractivity contribution is 5.78. The summed E-state index contributed by atoms with van der Waals surface area (Å²) in [5, 5.41) is 0. The molecule has 1 unspecified atom stereocenters. The average molecular weight is 393 g/mol. The third-order valence-corrected chi connectivity index (χ3v) is 6.84. The molecule has 0 bridgehead atoms. The molecule has 5 rings (SSSR count). The Bertz CT molecular complexity index is 893. The molecule has 6 nitrogen and oxygen atoms in total. The fourth-order valence-electron chi connectivity index (χ4n) is 4.99. The molecule has 6 heteroatoms. The minimum atomic E-state index is -0.298. The number of likely N-dealkylation sites (N-methyl/N-ethyl adjacent to an activating group) is 1. The molecule has 1 atom stereocenters. The van der Waals surface area contributed by atoms with Crippen molar-refractivity contribution in [2.24, 2.45) is 0 Å². The smallest absolute Gasteiger partial charge is 0.222 e. The van der Waals surface area contributed by atoms with Crippen LogP contribution in [-0.2, 0) is 21.6 Å². The predicted octanol–water partition coefficient (Wildman–Crippen LogP) is 2.63. The van der Waals surface area contributed by atoms with E-state index in [-0.39, 0.29) is 11.5 Å². The summed E-state index contributed by atoms with van der Waals surface area (Å²) in [5.41, 5.74) is 3.06. The van der Waals surface area contributed by atoms with Crippen LogP contribution in [0.1, 0.15) is 36.9 Å². The molecule has 2 saturated heterocycles. The van der Waals surface area contributed by atoms with Crippen molar-refractivity contribution in [1.82, 2.24) is 19.8 Å². The van der Waals surface area contributed by atoms with Gasteiger partial charge in [-0.25, -0.2) is 9.97 Å². The van der Waals surface area contributed by atoms with Crippen molar-refractivity contribution in [3.8, 4) is 11.4 Å². The first-order valence-corrected chi connectivity index (χ1v) is 10.7. The van der Waals surface area contributed by atoms with Gasteiger partial charge in [-0.15, -0.1) is 0 Å². The van der Waals surface area contributed by atoms with Crippen LogP contribution < -0.4 is 0 Å². The summed E-state index contributed by atoms with van der Waals surface area (Å²) >= 11 is 0. The number of likely N-dealkylation sites (tertiary alicyclic amines) is 2. The molecule has 1 amide bonds. The van der Waals surface area contributed by atoms with Gasteiger partial charge < -0.3 is 14.5 Å². The van der Waals surface area contributed by atoms with Crippen LogP contribution in [0.25, 0.3) is 11.4 Å². The van der Waals surface area contributed by atoms with E-state index >= 15 is 0 Å². The van der Waals surface area contributed by atoms with Crippen LogP contribution in [0.2, 0.25) is 0 Å². The Labute approximate surface area is 171 Å². The molecule has 1 spiro atoms. The summed E-state index contributed by atoms with van der Waals surface area (Å²) in [5.74, 6) is 1.06. The first-order chi connectivity index (χ1) is 14.1. The summed E-state index contributed by atoms with van der Waals surface area (Å²) in [6, 6.07) is 10.5. The van der Waals surface area contributed by atoms with E-state index in [0.717, 1.165) is 69.0 Å². The number of fused-ring (bicyclic) bond motifs is 2. The SMILES string of the molecule is CN1C(=O)CCC1CN1CCC2(CC1)OCCc1cnc(-c3ccccc3)nc12. The minimum Gasteiger partial charge on any atom is -0.368 e. The lowest BCUT2D eigenvalue weighted by Gasteiger charge is -2.44. The van der Waals surface area contributed by atoms with Crippen LogP contribution in [0, 0.1) is 0 Å². The third-order valence-electron chi connectivity index (χ3n) is 6.84. The molecular formula is C23H28N4O2. The van der Waals surface area contributed by atoms with Crippen molar-refractivity contribution in [3.63, 3.8) is 0 Å². The molecule has 0 aliphatic carbocycles. The first kappa shape index (κ1) is 18.7. The summed E-state index contributed by atoms with van der Waals surface area (Å²) in [6.45, 7) is 3.65. The van der Waals surface area contributed by atoms with Crippen molar-refractivity contribution in [2.45, 2.75) is 43.7 Å². The maximum absolute atomic E-state index is 11.8. The van der Waals surface area contributed by atoms with E-state index in [1.807, 2.05) is 36.3 Å². The van der Waals surface area contributed by atoms with E-state index in [1.54, 1.807) is 0 Å². The van der Waals surface area contributed by atoms with Crippen LogP contribution in [0.3, 0.4) is 0 Å².